The van der Waals surface area contributed by atoms with Gasteiger partial charge in [-0.3, -0.25) is 20.4 Å². The van der Waals surface area contributed by atoms with Gasteiger partial charge in [0, 0.05) is 6.08 Å². The van der Waals surface area contributed by atoms with Crippen molar-refractivity contribution in [3.63, 3.8) is 0 Å². The molecule has 0 radical (unpaired) electrons. The molecule has 7 heteroatoms. The van der Waals surface area contributed by atoms with Crippen molar-refractivity contribution in [3.8, 4) is 11.5 Å². The fourth-order valence-corrected chi connectivity index (χ4v) is 2.36. The summed E-state index contributed by atoms with van der Waals surface area (Å²) in [5, 5.41) is 0. The van der Waals surface area contributed by atoms with E-state index in [1.807, 2.05) is 42.5 Å². The van der Waals surface area contributed by atoms with Crippen LogP contribution in [0.4, 0.5) is 0 Å². The Kier molecular flexibility index (Phi) is 6.67. The number of benzene rings is 2. The van der Waals surface area contributed by atoms with Crippen LogP contribution in [0, 0.1) is 0 Å². The van der Waals surface area contributed by atoms with E-state index in [4.69, 9.17) is 13.9 Å². The van der Waals surface area contributed by atoms with Gasteiger partial charge in [0.05, 0.1) is 7.11 Å². The molecule has 1 heterocycles. The predicted molar refractivity (Wildman–Crippen MR) is 107 cm³/mol. The third-order valence-corrected chi connectivity index (χ3v) is 3.85. The van der Waals surface area contributed by atoms with Crippen molar-refractivity contribution in [3.05, 3.63) is 89.9 Å². The van der Waals surface area contributed by atoms with Crippen LogP contribution < -0.4 is 20.3 Å². The number of amides is 2. The molecule has 2 aromatic carbocycles. The van der Waals surface area contributed by atoms with Gasteiger partial charge in [-0.25, -0.2) is 0 Å². The number of ether oxygens (including phenoxy) is 2. The minimum Gasteiger partial charge on any atom is -0.497 e. The average Bonchev–Trinajstić information content (AvgIpc) is 3.25. The number of hydrogen-bond donors (Lipinski definition) is 2. The Morgan fingerprint density at radius 1 is 0.931 bits per heavy atom. The molecule has 0 aliphatic heterocycles. The summed E-state index contributed by atoms with van der Waals surface area (Å²) in [7, 11) is 1.58. The Morgan fingerprint density at radius 2 is 1.69 bits per heavy atom. The normalized spacial score (nSPS) is 10.5. The SMILES string of the molecule is COc1ccc(/C=C/C(=O)NNC(=O)c2ccc(COc3ccccc3)o2)cc1. The molecule has 0 aliphatic rings. The van der Waals surface area contributed by atoms with Crippen LogP contribution in [0.15, 0.2) is 77.2 Å². The zero-order valence-corrected chi connectivity index (χ0v) is 15.8. The summed E-state index contributed by atoms with van der Waals surface area (Å²) in [5.41, 5.74) is 5.42. The molecule has 148 valence electrons. The van der Waals surface area contributed by atoms with Crippen LogP contribution in [0.1, 0.15) is 21.9 Å². The third-order valence-electron chi connectivity index (χ3n) is 3.85. The Labute approximate surface area is 167 Å². The number of methoxy groups -OCH3 is 1. The van der Waals surface area contributed by atoms with Crippen LogP contribution in [0.2, 0.25) is 0 Å². The number of hydrogen-bond acceptors (Lipinski definition) is 5. The highest BCUT2D eigenvalue weighted by molar-refractivity contribution is 5.96. The average molecular weight is 392 g/mol. The molecule has 29 heavy (non-hydrogen) atoms. The van der Waals surface area contributed by atoms with Gasteiger partial charge >= 0.3 is 5.91 Å². The van der Waals surface area contributed by atoms with Crippen LogP contribution in [0.5, 0.6) is 11.5 Å². The Hall–Kier alpha value is -4.00. The third kappa shape index (κ3) is 6.00. The van der Waals surface area contributed by atoms with Crippen LogP contribution in [0.25, 0.3) is 6.08 Å². The molecular formula is C22H20N2O5. The van der Waals surface area contributed by atoms with Crippen molar-refractivity contribution in [2.24, 2.45) is 0 Å². The maximum atomic E-state index is 12.1. The molecule has 0 saturated heterocycles. The fraction of sp³-hybridized carbons (Fsp3) is 0.0909. The van der Waals surface area contributed by atoms with Gasteiger partial charge in [0.15, 0.2) is 5.76 Å². The number of hydrazine groups is 1. The van der Waals surface area contributed by atoms with Gasteiger partial charge < -0.3 is 13.9 Å². The lowest BCUT2D eigenvalue weighted by atomic mass is 10.2. The van der Waals surface area contributed by atoms with E-state index in [1.54, 1.807) is 31.4 Å². The summed E-state index contributed by atoms with van der Waals surface area (Å²) >= 11 is 0. The fourth-order valence-electron chi connectivity index (χ4n) is 2.36. The zero-order chi connectivity index (χ0) is 20.5. The first-order valence-corrected chi connectivity index (χ1v) is 8.83. The number of nitrogens with one attached hydrogen (secondary N) is 2. The lowest BCUT2D eigenvalue weighted by molar-refractivity contribution is -0.117. The van der Waals surface area contributed by atoms with Crippen molar-refractivity contribution in [1.82, 2.24) is 10.9 Å². The zero-order valence-electron chi connectivity index (χ0n) is 15.8. The van der Waals surface area contributed by atoms with Crippen molar-refractivity contribution >= 4 is 17.9 Å². The molecule has 7 nitrogen and oxygen atoms in total. The maximum Gasteiger partial charge on any atom is 0.305 e. The molecule has 1 aromatic heterocycles. The lowest BCUT2D eigenvalue weighted by Gasteiger charge is -2.04. The highest BCUT2D eigenvalue weighted by Crippen LogP contribution is 2.14. The maximum absolute atomic E-state index is 12.1. The van der Waals surface area contributed by atoms with E-state index in [0.29, 0.717) is 11.5 Å². The molecule has 0 fully saturated rings. The van der Waals surface area contributed by atoms with Gasteiger partial charge in [-0.05, 0) is 48.0 Å². The smallest absolute Gasteiger partial charge is 0.305 e. The van der Waals surface area contributed by atoms with E-state index in [2.05, 4.69) is 10.9 Å². The first kappa shape index (κ1) is 19.8. The Morgan fingerprint density at radius 3 is 2.41 bits per heavy atom. The molecule has 3 rings (SSSR count). The number of furan rings is 1. The largest absolute Gasteiger partial charge is 0.497 e. The second-order valence-electron chi connectivity index (χ2n) is 5.92. The van der Waals surface area contributed by atoms with E-state index >= 15 is 0 Å². The van der Waals surface area contributed by atoms with Gasteiger partial charge in [0.1, 0.15) is 23.9 Å². The summed E-state index contributed by atoms with van der Waals surface area (Å²) in [6.07, 6.45) is 2.93. The van der Waals surface area contributed by atoms with Gasteiger partial charge in [0.25, 0.3) is 5.91 Å². The van der Waals surface area contributed by atoms with Gasteiger partial charge in [-0.2, -0.15) is 0 Å². The molecule has 0 unspecified atom stereocenters. The van der Waals surface area contributed by atoms with E-state index in [9.17, 15) is 9.59 Å². The van der Waals surface area contributed by atoms with E-state index < -0.39 is 11.8 Å². The number of rotatable bonds is 7. The summed E-state index contributed by atoms with van der Waals surface area (Å²) in [4.78, 5) is 23.9. The molecule has 2 amide bonds. The van der Waals surface area contributed by atoms with E-state index in [0.717, 1.165) is 11.3 Å². The second-order valence-corrected chi connectivity index (χ2v) is 5.92. The molecular weight excluding hydrogens is 372 g/mol. The van der Waals surface area contributed by atoms with Crippen molar-refractivity contribution in [1.29, 1.82) is 0 Å². The van der Waals surface area contributed by atoms with Crippen LogP contribution >= 0.6 is 0 Å². The topological polar surface area (TPSA) is 89.8 Å². The molecule has 0 saturated carbocycles. The first-order valence-electron chi connectivity index (χ1n) is 8.83. The quantitative estimate of drug-likeness (QED) is 0.475. The lowest BCUT2D eigenvalue weighted by Crippen LogP contribution is -2.40. The van der Waals surface area contributed by atoms with Crippen molar-refractivity contribution in [2.75, 3.05) is 7.11 Å². The van der Waals surface area contributed by atoms with Crippen LogP contribution in [0.3, 0.4) is 0 Å². The van der Waals surface area contributed by atoms with Crippen molar-refractivity contribution < 1.29 is 23.5 Å². The Bertz CT molecular complexity index is 978. The summed E-state index contributed by atoms with van der Waals surface area (Å²) in [6.45, 7) is 0.189. The van der Waals surface area contributed by atoms with E-state index in [1.165, 1.54) is 12.1 Å². The summed E-state index contributed by atoms with van der Waals surface area (Å²) in [6, 6.07) is 19.6. The highest BCUT2D eigenvalue weighted by Gasteiger charge is 2.12. The minimum atomic E-state index is -0.567. The molecule has 0 spiro atoms. The minimum absolute atomic E-state index is 0.0658. The molecule has 0 atom stereocenters. The number of carbonyl (C=O) groups excluding carboxylic acids is 2. The molecule has 2 N–H and O–H groups in total. The van der Waals surface area contributed by atoms with Gasteiger partial charge in [0.2, 0.25) is 0 Å². The van der Waals surface area contributed by atoms with Crippen LogP contribution in [-0.2, 0) is 11.4 Å². The van der Waals surface area contributed by atoms with E-state index in [-0.39, 0.29) is 12.4 Å². The summed E-state index contributed by atoms with van der Waals surface area (Å²) < 4.78 is 16.1. The van der Waals surface area contributed by atoms with Gasteiger partial charge in [-0.15, -0.1) is 0 Å². The predicted octanol–water partition coefficient (Wildman–Crippen LogP) is 3.34. The van der Waals surface area contributed by atoms with Gasteiger partial charge in [-0.1, -0.05) is 30.3 Å². The highest BCUT2D eigenvalue weighted by atomic mass is 16.5. The summed E-state index contributed by atoms with van der Waals surface area (Å²) in [5.74, 6) is 0.938. The molecule has 0 bridgehead atoms. The molecule has 3 aromatic rings. The Balaban J connectivity index is 1.45. The second kappa shape index (κ2) is 9.80. The monoisotopic (exact) mass is 392 g/mol. The van der Waals surface area contributed by atoms with Crippen LogP contribution in [-0.4, -0.2) is 18.9 Å². The first-order chi connectivity index (χ1) is 14.1. The van der Waals surface area contributed by atoms with Crippen molar-refractivity contribution in [2.45, 2.75) is 6.61 Å². The number of para-hydroxylation sites is 1. The number of carbonyl (C=O) groups is 2. The standard InChI is InChI=1S/C22H20N2O5/c1-27-17-10-7-16(8-11-17)9-14-21(25)23-24-22(26)20-13-12-19(29-20)15-28-18-5-3-2-4-6-18/h2-14H,15H2,1H3,(H,23,25)(H,24,26)/b14-9+. The molecule has 0 aliphatic carbocycles.